The zero-order chi connectivity index (χ0) is 26.8. The topological polar surface area (TPSA) is 121 Å². The lowest BCUT2D eigenvalue weighted by atomic mass is 10.0. The highest BCUT2D eigenvalue weighted by Crippen LogP contribution is 2.41. The predicted octanol–water partition coefficient (Wildman–Crippen LogP) is 6.43. The first-order valence-corrected chi connectivity index (χ1v) is 13.6. The van der Waals surface area contributed by atoms with Gasteiger partial charge in [0.2, 0.25) is 0 Å². The van der Waals surface area contributed by atoms with Crippen LogP contribution in [0.3, 0.4) is 0 Å². The van der Waals surface area contributed by atoms with Gasteiger partial charge in [-0.3, -0.25) is 15.0 Å². The number of rotatable bonds is 4. The quantitative estimate of drug-likeness (QED) is 0.271. The molecule has 10 heteroatoms. The Morgan fingerprint density at radius 1 is 0.900 bits per heavy atom. The number of hydrogen-bond acceptors (Lipinski definition) is 9. The van der Waals surface area contributed by atoms with Crippen molar-refractivity contribution in [1.29, 1.82) is 0 Å². The van der Waals surface area contributed by atoms with Gasteiger partial charge in [-0.2, -0.15) is 0 Å². The second-order valence-electron chi connectivity index (χ2n) is 9.41. The average Bonchev–Trinajstić information content (AvgIpc) is 3.66. The van der Waals surface area contributed by atoms with Crippen LogP contribution in [0.15, 0.2) is 78.7 Å². The van der Waals surface area contributed by atoms with E-state index in [-0.39, 0.29) is 0 Å². The minimum atomic E-state index is 0.730. The second-order valence-corrected chi connectivity index (χ2v) is 10.5. The summed E-state index contributed by atoms with van der Waals surface area (Å²) in [6.45, 7) is 2.14. The van der Waals surface area contributed by atoms with E-state index in [1.54, 1.807) is 36.3 Å². The number of nitrogens with zero attached hydrogens (tertiary/aromatic N) is 7. The van der Waals surface area contributed by atoms with Crippen molar-refractivity contribution in [3.05, 3.63) is 84.7 Å². The number of aryl methyl sites for hydroxylation is 1. The van der Waals surface area contributed by atoms with E-state index >= 15 is 0 Å². The van der Waals surface area contributed by atoms with Gasteiger partial charge in [-0.05, 0) is 36.4 Å². The van der Waals surface area contributed by atoms with Gasteiger partial charge in [0.15, 0.2) is 0 Å². The summed E-state index contributed by atoms with van der Waals surface area (Å²) >= 11 is 1.69. The maximum Gasteiger partial charge on any atom is 0.146 e. The van der Waals surface area contributed by atoms with E-state index in [1.807, 2.05) is 49.3 Å². The van der Waals surface area contributed by atoms with Gasteiger partial charge in [-0.25, -0.2) is 15.0 Å². The van der Waals surface area contributed by atoms with Crippen LogP contribution in [0.2, 0.25) is 0 Å². The van der Waals surface area contributed by atoms with E-state index in [2.05, 4.69) is 37.5 Å². The fourth-order valence-electron chi connectivity index (χ4n) is 5.59. The number of nitrogens with two attached hydrogens (primary N) is 1. The molecule has 0 aromatic carbocycles. The standard InChI is InChI=1S/C30H20N8OS/c1-2-26-17(3-5-31)18-7-16(8-36-30(18)40-26)38-23-13-34-10-20(27(23)28-24(38)14-35-15-37-28)22-12-33-11-21-19-9-32-6-4-25(19)39-29(21)22/h3-15H,2,31H2,1H3/b5-3-. The first kappa shape index (κ1) is 22.7. The SMILES string of the molecule is CCc1sc2ncc(-n3c4cncnc4c4c(-c5cncc6c5oc5ccncc56)cncc43)cc2c1/C=C\N. The molecule has 0 saturated carbocycles. The molecule has 40 heavy (non-hydrogen) atoms. The first-order valence-electron chi connectivity index (χ1n) is 12.8. The van der Waals surface area contributed by atoms with Gasteiger partial charge in [0.05, 0.1) is 35.3 Å². The van der Waals surface area contributed by atoms with Crippen LogP contribution in [-0.4, -0.2) is 34.5 Å². The maximum absolute atomic E-state index is 6.31. The highest BCUT2D eigenvalue weighted by Gasteiger charge is 2.22. The number of fused-ring (bicyclic) bond motifs is 7. The molecule has 0 saturated heterocycles. The Labute approximate surface area is 230 Å². The normalized spacial score (nSPS) is 12.2. The third-order valence-corrected chi connectivity index (χ3v) is 8.57. The summed E-state index contributed by atoms with van der Waals surface area (Å²) in [5.74, 6) is 0. The van der Waals surface area contributed by atoms with Gasteiger partial charge >= 0.3 is 0 Å². The van der Waals surface area contributed by atoms with Crippen molar-refractivity contribution in [2.45, 2.75) is 13.3 Å². The maximum atomic E-state index is 6.31. The summed E-state index contributed by atoms with van der Waals surface area (Å²) in [5, 5.41) is 3.81. The molecule has 0 radical (unpaired) electrons. The second kappa shape index (κ2) is 8.65. The van der Waals surface area contributed by atoms with Crippen molar-refractivity contribution in [2.75, 3.05) is 0 Å². The molecule has 9 nitrogen and oxygen atoms in total. The van der Waals surface area contributed by atoms with Crippen molar-refractivity contribution in [1.82, 2.24) is 34.5 Å². The number of aromatic nitrogens is 7. The lowest BCUT2D eigenvalue weighted by molar-refractivity contribution is 0.669. The molecule has 0 atom stereocenters. The highest BCUT2D eigenvalue weighted by molar-refractivity contribution is 7.19. The molecule has 0 aliphatic heterocycles. The molecule has 0 amide bonds. The molecule has 8 heterocycles. The van der Waals surface area contributed by atoms with Gasteiger partial charge in [-0.15, -0.1) is 11.3 Å². The molecule has 8 aromatic rings. The molecular weight excluding hydrogens is 520 g/mol. The first-order chi connectivity index (χ1) is 19.8. The lowest BCUT2D eigenvalue weighted by Gasteiger charge is -2.08. The summed E-state index contributed by atoms with van der Waals surface area (Å²) in [6, 6.07) is 4.02. The summed E-state index contributed by atoms with van der Waals surface area (Å²) in [6.07, 6.45) is 20.6. The van der Waals surface area contributed by atoms with E-state index < -0.39 is 0 Å². The molecule has 0 unspecified atom stereocenters. The Morgan fingerprint density at radius 2 is 1.75 bits per heavy atom. The lowest BCUT2D eigenvalue weighted by Crippen LogP contribution is -1.96. The fourth-order valence-corrected chi connectivity index (χ4v) is 6.63. The van der Waals surface area contributed by atoms with Crippen LogP contribution < -0.4 is 5.73 Å². The minimum Gasteiger partial charge on any atom is -0.455 e. The van der Waals surface area contributed by atoms with Crippen molar-refractivity contribution >= 4 is 71.5 Å². The van der Waals surface area contributed by atoms with E-state index in [0.717, 1.165) is 82.9 Å². The summed E-state index contributed by atoms with van der Waals surface area (Å²) in [5.41, 5.74) is 13.5. The van der Waals surface area contributed by atoms with Crippen LogP contribution in [0.4, 0.5) is 0 Å². The summed E-state index contributed by atoms with van der Waals surface area (Å²) in [7, 11) is 0. The smallest absolute Gasteiger partial charge is 0.146 e. The number of furan rings is 1. The largest absolute Gasteiger partial charge is 0.455 e. The van der Waals surface area contributed by atoms with Crippen molar-refractivity contribution in [3.8, 4) is 16.8 Å². The van der Waals surface area contributed by atoms with Crippen molar-refractivity contribution in [2.24, 2.45) is 5.73 Å². The van der Waals surface area contributed by atoms with Crippen LogP contribution in [0.1, 0.15) is 17.4 Å². The van der Waals surface area contributed by atoms with Gasteiger partial charge in [0, 0.05) is 68.5 Å². The minimum absolute atomic E-state index is 0.730. The Kier molecular flexibility index (Phi) is 4.92. The summed E-state index contributed by atoms with van der Waals surface area (Å²) < 4.78 is 8.43. The van der Waals surface area contributed by atoms with Crippen LogP contribution in [0.25, 0.3) is 77.0 Å². The number of thiophene rings is 1. The third kappa shape index (κ3) is 3.13. The van der Waals surface area contributed by atoms with Gasteiger partial charge < -0.3 is 14.7 Å². The molecule has 2 N–H and O–H groups in total. The molecule has 0 aliphatic rings. The van der Waals surface area contributed by atoms with Crippen LogP contribution >= 0.6 is 11.3 Å². The van der Waals surface area contributed by atoms with Crippen molar-refractivity contribution < 1.29 is 4.42 Å². The fraction of sp³-hybridized carbons (Fsp3) is 0.0667. The van der Waals surface area contributed by atoms with E-state index in [4.69, 9.17) is 20.1 Å². The zero-order valence-electron chi connectivity index (χ0n) is 21.2. The molecule has 8 aromatic heterocycles. The van der Waals surface area contributed by atoms with Gasteiger partial charge in [0.1, 0.15) is 27.8 Å². The molecule has 0 bridgehead atoms. The Balaban J connectivity index is 1.45. The molecule has 0 fully saturated rings. The molecule has 8 rings (SSSR count). The van der Waals surface area contributed by atoms with Gasteiger partial charge in [-0.1, -0.05) is 6.92 Å². The Morgan fingerprint density at radius 3 is 2.65 bits per heavy atom. The molecule has 0 spiro atoms. The van der Waals surface area contributed by atoms with E-state index in [1.165, 1.54) is 4.88 Å². The van der Waals surface area contributed by atoms with E-state index in [0.29, 0.717) is 0 Å². The van der Waals surface area contributed by atoms with Crippen LogP contribution in [0, 0.1) is 0 Å². The third-order valence-electron chi connectivity index (χ3n) is 7.30. The number of pyridine rings is 4. The van der Waals surface area contributed by atoms with Crippen molar-refractivity contribution in [3.63, 3.8) is 0 Å². The molecular formula is C30H20N8OS. The Hall–Kier alpha value is -5.22. The van der Waals surface area contributed by atoms with Crippen LogP contribution in [0.5, 0.6) is 0 Å². The highest BCUT2D eigenvalue weighted by atomic mass is 32.1. The Bertz CT molecular complexity index is 2290. The monoisotopic (exact) mass is 540 g/mol. The van der Waals surface area contributed by atoms with Gasteiger partial charge in [0.25, 0.3) is 0 Å². The summed E-state index contributed by atoms with van der Waals surface area (Å²) in [4.78, 5) is 29.6. The number of hydrogen-bond donors (Lipinski definition) is 1. The predicted molar refractivity (Wildman–Crippen MR) is 158 cm³/mol. The zero-order valence-corrected chi connectivity index (χ0v) is 22.1. The molecule has 0 aliphatic carbocycles. The van der Waals surface area contributed by atoms with E-state index in [9.17, 15) is 0 Å². The average molecular weight is 541 g/mol. The van der Waals surface area contributed by atoms with Crippen LogP contribution in [-0.2, 0) is 6.42 Å². The molecule has 192 valence electrons.